The Kier molecular flexibility index (Phi) is 35.2. The number of aliphatic hydroxyl groups is 2. The largest absolute Gasteiger partial charge is 0.472 e. The standard InChI is InChI=1S/C40H73O10P/c1-3-5-7-9-11-13-15-16-17-18-19-20-22-23-25-27-29-31-39(43)47-35-38(36-49-51(45,46)48-34-37(42)33-41)50-40(44)32-30-28-26-24-21-14-12-10-8-6-4-2/h16-17,19-20,23,25,37-38,41-42H,3-15,18,21-22,24,26-36H2,1-2H3,(H,45,46)/b17-16+,20-19+,25-23+/t37-,38+/m1/s1. The Balaban J connectivity index is 4.41. The fraction of sp³-hybridized carbons (Fsp3) is 0.800. The van der Waals surface area contributed by atoms with Gasteiger partial charge in [0.2, 0.25) is 0 Å². The highest BCUT2D eigenvalue weighted by Crippen LogP contribution is 2.43. The Bertz CT molecular complexity index is 952. The molecule has 0 aromatic heterocycles. The Hall–Kier alpha value is -1.81. The van der Waals surface area contributed by atoms with Gasteiger partial charge in [-0.15, -0.1) is 0 Å². The molecule has 0 aliphatic carbocycles. The molecule has 298 valence electrons. The summed E-state index contributed by atoms with van der Waals surface area (Å²) in [6, 6.07) is 0. The molecule has 0 fully saturated rings. The molecule has 0 radical (unpaired) electrons. The zero-order valence-electron chi connectivity index (χ0n) is 32.1. The molecule has 3 atom stereocenters. The molecule has 0 aromatic carbocycles. The first-order valence-corrected chi connectivity index (χ1v) is 21.4. The van der Waals surface area contributed by atoms with Gasteiger partial charge in [0.25, 0.3) is 0 Å². The van der Waals surface area contributed by atoms with Gasteiger partial charge in [0, 0.05) is 12.8 Å². The van der Waals surface area contributed by atoms with E-state index in [0.717, 1.165) is 38.5 Å². The molecule has 0 aromatic rings. The number of aliphatic hydroxyl groups excluding tert-OH is 2. The van der Waals surface area contributed by atoms with Gasteiger partial charge >= 0.3 is 19.8 Å². The van der Waals surface area contributed by atoms with Crippen LogP contribution < -0.4 is 0 Å². The van der Waals surface area contributed by atoms with Crippen LogP contribution in [0.1, 0.15) is 168 Å². The van der Waals surface area contributed by atoms with Crippen LogP contribution in [0, 0.1) is 0 Å². The molecule has 0 bridgehead atoms. The third kappa shape index (κ3) is 36.3. The molecule has 51 heavy (non-hydrogen) atoms. The molecule has 10 nitrogen and oxygen atoms in total. The summed E-state index contributed by atoms with van der Waals surface area (Å²) in [5.41, 5.74) is 0. The van der Waals surface area contributed by atoms with Gasteiger partial charge < -0.3 is 24.6 Å². The maximum Gasteiger partial charge on any atom is 0.472 e. The lowest BCUT2D eigenvalue weighted by molar-refractivity contribution is -0.161. The number of phosphoric ester groups is 1. The van der Waals surface area contributed by atoms with E-state index < -0.39 is 51.8 Å². The van der Waals surface area contributed by atoms with Crippen molar-refractivity contribution in [3.05, 3.63) is 36.5 Å². The molecule has 0 saturated carbocycles. The lowest BCUT2D eigenvalue weighted by Gasteiger charge is -2.20. The highest BCUT2D eigenvalue weighted by molar-refractivity contribution is 7.47. The number of rotatable bonds is 37. The van der Waals surface area contributed by atoms with E-state index in [-0.39, 0.29) is 19.4 Å². The van der Waals surface area contributed by atoms with Gasteiger partial charge in [-0.05, 0) is 44.9 Å². The molecular weight excluding hydrogens is 671 g/mol. The number of esters is 2. The Morgan fingerprint density at radius 3 is 1.59 bits per heavy atom. The Morgan fingerprint density at radius 1 is 0.588 bits per heavy atom. The number of ether oxygens (including phenoxy) is 2. The van der Waals surface area contributed by atoms with Gasteiger partial charge in [-0.25, -0.2) is 4.57 Å². The number of carbonyl (C=O) groups excluding carboxylic acids is 2. The molecule has 0 heterocycles. The first kappa shape index (κ1) is 49.2. The van der Waals surface area contributed by atoms with Crippen molar-refractivity contribution in [1.82, 2.24) is 0 Å². The first-order chi connectivity index (χ1) is 24.7. The molecule has 0 saturated heterocycles. The maximum atomic E-state index is 12.5. The second-order valence-corrected chi connectivity index (χ2v) is 14.8. The SMILES string of the molecule is CCCCCCCC/C=C/C/C=C/C/C=C/CCCC(=O)OC[C@@H](COP(=O)(O)OC[C@H](O)CO)OC(=O)CCCCCCCCCCCCC. The van der Waals surface area contributed by atoms with Crippen molar-refractivity contribution in [1.29, 1.82) is 0 Å². The van der Waals surface area contributed by atoms with Crippen molar-refractivity contribution < 1.29 is 47.8 Å². The van der Waals surface area contributed by atoms with Gasteiger partial charge in [-0.3, -0.25) is 18.6 Å². The summed E-state index contributed by atoms with van der Waals surface area (Å²) >= 11 is 0. The second-order valence-electron chi connectivity index (χ2n) is 13.3. The quantitative estimate of drug-likeness (QED) is 0.0243. The lowest BCUT2D eigenvalue weighted by Crippen LogP contribution is -2.29. The molecule has 0 rings (SSSR count). The topological polar surface area (TPSA) is 149 Å². The van der Waals surface area contributed by atoms with Gasteiger partial charge in [-0.1, -0.05) is 147 Å². The average molecular weight is 745 g/mol. The predicted octanol–water partition coefficient (Wildman–Crippen LogP) is 10.00. The van der Waals surface area contributed by atoms with E-state index in [2.05, 4.69) is 48.8 Å². The molecule has 1 unspecified atom stereocenters. The van der Waals surface area contributed by atoms with Gasteiger partial charge in [0.15, 0.2) is 6.10 Å². The Morgan fingerprint density at radius 2 is 1.04 bits per heavy atom. The zero-order chi connectivity index (χ0) is 37.7. The van der Waals surface area contributed by atoms with Gasteiger partial charge in [-0.2, -0.15) is 0 Å². The van der Waals surface area contributed by atoms with Crippen LogP contribution in [0.15, 0.2) is 36.5 Å². The smallest absolute Gasteiger partial charge is 0.462 e. The number of phosphoric acid groups is 1. The summed E-state index contributed by atoms with van der Waals surface area (Å²) in [5.74, 6) is -0.986. The van der Waals surface area contributed by atoms with Crippen LogP contribution in [-0.4, -0.2) is 65.7 Å². The maximum absolute atomic E-state index is 12.5. The third-order valence-electron chi connectivity index (χ3n) is 8.30. The third-order valence-corrected chi connectivity index (χ3v) is 9.25. The highest BCUT2D eigenvalue weighted by Gasteiger charge is 2.27. The normalized spacial score (nSPS) is 14.4. The average Bonchev–Trinajstić information content (AvgIpc) is 3.12. The molecule has 0 aliphatic rings. The van der Waals surface area contributed by atoms with Gasteiger partial charge in [0.05, 0.1) is 19.8 Å². The van der Waals surface area contributed by atoms with E-state index in [1.165, 1.54) is 83.5 Å². The van der Waals surface area contributed by atoms with Crippen LogP contribution in [0.25, 0.3) is 0 Å². The molecule has 3 N–H and O–H groups in total. The van der Waals surface area contributed by atoms with Crippen molar-refractivity contribution in [2.24, 2.45) is 0 Å². The van der Waals surface area contributed by atoms with E-state index in [4.69, 9.17) is 19.1 Å². The minimum Gasteiger partial charge on any atom is -0.462 e. The summed E-state index contributed by atoms with van der Waals surface area (Å²) in [6.07, 6.45) is 35.5. The number of carbonyl (C=O) groups is 2. The highest BCUT2D eigenvalue weighted by atomic mass is 31.2. The van der Waals surface area contributed by atoms with Crippen molar-refractivity contribution in [3.8, 4) is 0 Å². The van der Waals surface area contributed by atoms with Crippen molar-refractivity contribution >= 4 is 19.8 Å². The number of unbranched alkanes of at least 4 members (excludes halogenated alkanes) is 17. The van der Waals surface area contributed by atoms with Crippen molar-refractivity contribution in [2.75, 3.05) is 26.4 Å². The summed E-state index contributed by atoms with van der Waals surface area (Å²) in [6.45, 7) is 2.30. The number of hydrogen-bond acceptors (Lipinski definition) is 9. The minimum atomic E-state index is -4.62. The summed E-state index contributed by atoms with van der Waals surface area (Å²) in [4.78, 5) is 34.8. The van der Waals surface area contributed by atoms with Crippen LogP contribution in [0.4, 0.5) is 0 Å². The minimum absolute atomic E-state index is 0.171. The number of hydrogen-bond donors (Lipinski definition) is 3. The van der Waals surface area contributed by atoms with Crippen molar-refractivity contribution in [3.63, 3.8) is 0 Å². The molecule has 11 heteroatoms. The summed E-state index contributed by atoms with van der Waals surface area (Å²) in [7, 11) is -4.62. The van der Waals surface area contributed by atoms with E-state index in [9.17, 15) is 24.2 Å². The Labute approximate surface area is 310 Å². The fourth-order valence-electron chi connectivity index (χ4n) is 5.18. The number of allylic oxidation sites excluding steroid dienone is 6. The van der Waals surface area contributed by atoms with E-state index in [0.29, 0.717) is 19.3 Å². The van der Waals surface area contributed by atoms with Crippen LogP contribution in [0.3, 0.4) is 0 Å². The fourth-order valence-corrected chi connectivity index (χ4v) is 5.97. The van der Waals surface area contributed by atoms with Crippen LogP contribution in [0.5, 0.6) is 0 Å². The van der Waals surface area contributed by atoms with Crippen molar-refractivity contribution in [2.45, 2.75) is 180 Å². The summed E-state index contributed by atoms with van der Waals surface area (Å²) in [5, 5.41) is 18.3. The monoisotopic (exact) mass is 744 g/mol. The zero-order valence-corrected chi connectivity index (χ0v) is 33.0. The lowest BCUT2D eigenvalue weighted by atomic mass is 10.1. The van der Waals surface area contributed by atoms with Crippen LogP contribution >= 0.6 is 7.82 Å². The van der Waals surface area contributed by atoms with Crippen LogP contribution in [0.2, 0.25) is 0 Å². The van der Waals surface area contributed by atoms with E-state index >= 15 is 0 Å². The molecular formula is C40H73O10P. The van der Waals surface area contributed by atoms with Gasteiger partial charge in [0.1, 0.15) is 12.7 Å². The molecule has 0 amide bonds. The van der Waals surface area contributed by atoms with E-state index in [1.807, 2.05) is 6.08 Å². The predicted molar refractivity (Wildman–Crippen MR) is 205 cm³/mol. The first-order valence-electron chi connectivity index (χ1n) is 19.9. The molecule has 0 spiro atoms. The van der Waals surface area contributed by atoms with E-state index in [1.54, 1.807) is 0 Å². The second kappa shape index (κ2) is 36.5. The molecule has 0 aliphatic heterocycles. The van der Waals surface area contributed by atoms with Crippen LogP contribution in [-0.2, 0) is 32.7 Å². The summed E-state index contributed by atoms with van der Waals surface area (Å²) < 4.78 is 32.5.